The smallest absolute Gasteiger partial charge is 0.339 e. The number of nitrogens with zero attached hydrogens (tertiary/aromatic N) is 1. The van der Waals surface area contributed by atoms with Crippen LogP contribution in [0.1, 0.15) is 10.4 Å². The van der Waals surface area contributed by atoms with Crippen LogP contribution in [-0.2, 0) is 0 Å². The number of halogens is 1. The van der Waals surface area contributed by atoms with E-state index in [4.69, 9.17) is 26.2 Å². The van der Waals surface area contributed by atoms with Crippen LogP contribution in [0.25, 0.3) is 0 Å². The van der Waals surface area contributed by atoms with Crippen LogP contribution < -0.4 is 9.47 Å². The Morgan fingerprint density at radius 3 is 2.55 bits per heavy atom. The number of benzene rings is 1. The number of ether oxygens (including phenoxy) is 2. The summed E-state index contributed by atoms with van der Waals surface area (Å²) < 4.78 is 10.8. The van der Waals surface area contributed by atoms with Crippen LogP contribution in [-0.4, -0.2) is 29.3 Å². The maximum absolute atomic E-state index is 11.0. The van der Waals surface area contributed by atoms with Gasteiger partial charge in [-0.2, -0.15) is 0 Å². The molecule has 0 amide bonds. The minimum absolute atomic E-state index is 0.0674. The van der Waals surface area contributed by atoms with E-state index in [-0.39, 0.29) is 24.5 Å². The minimum atomic E-state index is -1.06. The molecular formula is C14H12ClNO4. The third kappa shape index (κ3) is 3.61. The average Bonchev–Trinajstić information content (AvgIpc) is 2.45. The van der Waals surface area contributed by atoms with Crippen LogP contribution in [0.2, 0.25) is 5.02 Å². The molecule has 0 unspecified atom stereocenters. The van der Waals surface area contributed by atoms with E-state index in [1.807, 2.05) is 6.07 Å². The van der Waals surface area contributed by atoms with E-state index < -0.39 is 5.97 Å². The lowest BCUT2D eigenvalue weighted by Crippen LogP contribution is -2.11. The van der Waals surface area contributed by atoms with Crippen LogP contribution in [0.15, 0.2) is 42.7 Å². The van der Waals surface area contributed by atoms with E-state index in [1.165, 1.54) is 18.5 Å². The summed E-state index contributed by atoms with van der Waals surface area (Å²) >= 11 is 5.93. The number of hydrogen-bond acceptors (Lipinski definition) is 4. The number of aromatic carboxylic acids is 1. The standard InChI is InChI=1S/C14H12ClNO4/c15-11-3-1-2-4-12(11)19-7-8-20-13-9-16-6-5-10(13)14(17)18/h1-6,9H,7-8H2,(H,17,18). The van der Waals surface area contributed by atoms with Crippen molar-refractivity contribution >= 4 is 17.6 Å². The lowest BCUT2D eigenvalue weighted by atomic mass is 10.2. The van der Waals surface area contributed by atoms with Gasteiger partial charge in [-0.25, -0.2) is 4.79 Å². The van der Waals surface area contributed by atoms with Gasteiger partial charge in [-0.05, 0) is 18.2 Å². The van der Waals surface area contributed by atoms with E-state index in [9.17, 15) is 4.79 Å². The number of aromatic nitrogens is 1. The Hall–Kier alpha value is -2.27. The molecule has 0 aliphatic heterocycles. The van der Waals surface area contributed by atoms with Gasteiger partial charge < -0.3 is 14.6 Å². The molecule has 0 saturated carbocycles. The largest absolute Gasteiger partial charge is 0.488 e. The van der Waals surface area contributed by atoms with Gasteiger partial charge in [0.1, 0.15) is 24.5 Å². The molecule has 1 N–H and O–H groups in total. The summed E-state index contributed by atoms with van der Waals surface area (Å²) in [7, 11) is 0. The van der Waals surface area contributed by atoms with E-state index in [0.717, 1.165) is 0 Å². The fourth-order valence-electron chi connectivity index (χ4n) is 1.54. The van der Waals surface area contributed by atoms with Crippen molar-refractivity contribution < 1.29 is 19.4 Å². The van der Waals surface area contributed by atoms with Crippen LogP contribution in [0.4, 0.5) is 0 Å². The van der Waals surface area contributed by atoms with Gasteiger partial charge in [0.05, 0.1) is 11.2 Å². The number of para-hydroxylation sites is 1. The maximum atomic E-state index is 11.0. The molecule has 1 aromatic carbocycles. The number of pyridine rings is 1. The normalized spacial score (nSPS) is 10.1. The molecule has 2 aromatic rings. The van der Waals surface area contributed by atoms with Crippen molar-refractivity contribution in [1.29, 1.82) is 0 Å². The summed E-state index contributed by atoms with van der Waals surface area (Å²) in [6, 6.07) is 8.47. The molecule has 0 aliphatic carbocycles. The third-order valence-corrected chi connectivity index (χ3v) is 2.76. The number of carbonyl (C=O) groups is 1. The quantitative estimate of drug-likeness (QED) is 0.829. The number of carboxylic acids is 1. The predicted octanol–water partition coefficient (Wildman–Crippen LogP) is 2.89. The fraction of sp³-hybridized carbons (Fsp3) is 0.143. The van der Waals surface area contributed by atoms with Crippen LogP contribution in [0.3, 0.4) is 0 Å². The second-order valence-corrected chi connectivity index (χ2v) is 4.21. The van der Waals surface area contributed by atoms with Crippen molar-refractivity contribution in [3.63, 3.8) is 0 Å². The van der Waals surface area contributed by atoms with Crippen molar-refractivity contribution in [2.75, 3.05) is 13.2 Å². The van der Waals surface area contributed by atoms with Crippen molar-refractivity contribution in [2.24, 2.45) is 0 Å². The summed E-state index contributed by atoms with van der Waals surface area (Å²) in [6.07, 6.45) is 2.76. The zero-order chi connectivity index (χ0) is 14.4. The van der Waals surface area contributed by atoms with E-state index >= 15 is 0 Å². The lowest BCUT2D eigenvalue weighted by Gasteiger charge is -2.10. The number of hydrogen-bond donors (Lipinski definition) is 1. The van der Waals surface area contributed by atoms with Gasteiger partial charge >= 0.3 is 5.97 Å². The zero-order valence-electron chi connectivity index (χ0n) is 10.5. The molecule has 0 bridgehead atoms. The first-order valence-electron chi connectivity index (χ1n) is 5.86. The Morgan fingerprint density at radius 2 is 1.85 bits per heavy atom. The summed E-state index contributed by atoms with van der Waals surface area (Å²) in [6.45, 7) is 0.439. The van der Waals surface area contributed by atoms with Gasteiger partial charge in [0.2, 0.25) is 0 Å². The summed E-state index contributed by atoms with van der Waals surface area (Å²) in [5.74, 6) is -0.292. The second-order valence-electron chi connectivity index (χ2n) is 3.80. The lowest BCUT2D eigenvalue weighted by molar-refractivity contribution is 0.0691. The Kier molecular flexibility index (Phi) is 4.79. The third-order valence-electron chi connectivity index (χ3n) is 2.45. The zero-order valence-corrected chi connectivity index (χ0v) is 11.2. The Bertz CT molecular complexity index is 603. The molecule has 1 aromatic heterocycles. The molecule has 0 radical (unpaired) electrons. The highest BCUT2D eigenvalue weighted by atomic mass is 35.5. The highest BCUT2D eigenvalue weighted by Gasteiger charge is 2.10. The Morgan fingerprint density at radius 1 is 1.15 bits per heavy atom. The van der Waals surface area contributed by atoms with Crippen molar-refractivity contribution in [3.8, 4) is 11.5 Å². The fourth-order valence-corrected chi connectivity index (χ4v) is 1.73. The van der Waals surface area contributed by atoms with E-state index in [1.54, 1.807) is 18.2 Å². The van der Waals surface area contributed by atoms with Gasteiger partial charge in [0.25, 0.3) is 0 Å². The van der Waals surface area contributed by atoms with Crippen molar-refractivity contribution in [1.82, 2.24) is 4.98 Å². The Balaban J connectivity index is 1.88. The summed E-state index contributed by atoms with van der Waals surface area (Å²) in [5.41, 5.74) is 0.0674. The molecule has 5 nitrogen and oxygen atoms in total. The average molecular weight is 294 g/mol. The molecule has 20 heavy (non-hydrogen) atoms. The van der Waals surface area contributed by atoms with E-state index in [2.05, 4.69) is 4.98 Å². The first-order chi connectivity index (χ1) is 9.68. The number of rotatable bonds is 6. The van der Waals surface area contributed by atoms with Crippen molar-refractivity contribution in [3.05, 3.63) is 53.3 Å². The molecule has 0 atom stereocenters. The molecule has 2 rings (SSSR count). The van der Waals surface area contributed by atoms with Crippen molar-refractivity contribution in [2.45, 2.75) is 0 Å². The van der Waals surface area contributed by atoms with Gasteiger partial charge in [0.15, 0.2) is 5.75 Å². The second kappa shape index (κ2) is 6.77. The topological polar surface area (TPSA) is 68.7 Å². The summed E-state index contributed by atoms with van der Waals surface area (Å²) in [4.78, 5) is 14.8. The maximum Gasteiger partial charge on any atom is 0.339 e. The molecule has 104 valence electrons. The molecule has 1 heterocycles. The summed E-state index contributed by atoms with van der Waals surface area (Å²) in [5, 5.41) is 9.49. The molecule has 0 fully saturated rings. The molecule has 0 saturated heterocycles. The first-order valence-corrected chi connectivity index (χ1v) is 6.23. The van der Waals surface area contributed by atoms with Crippen LogP contribution in [0, 0.1) is 0 Å². The first kappa shape index (κ1) is 14.1. The van der Waals surface area contributed by atoms with E-state index in [0.29, 0.717) is 10.8 Å². The van der Waals surface area contributed by atoms with Gasteiger partial charge in [-0.1, -0.05) is 23.7 Å². The van der Waals surface area contributed by atoms with Gasteiger partial charge in [0, 0.05) is 6.20 Å². The molecular weight excluding hydrogens is 282 g/mol. The van der Waals surface area contributed by atoms with Crippen LogP contribution in [0.5, 0.6) is 11.5 Å². The SMILES string of the molecule is O=C(O)c1ccncc1OCCOc1ccccc1Cl. The molecule has 0 spiro atoms. The molecule has 0 aliphatic rings. The highest BCUT2D eigenvalue weighted by molar-refractivity contribution is 6.32. The highest BCUT2D eigenvalue weighted by Crippen LogP contribution is 2.23. The van der Waals surface area contributed by atoms with Gasteiger partial charge in [-0.3, -0.25) is 4.98 Å². The van der Waals surface area contributed by atoms with Gasteiger partial charge in [-0.15, -0.1) is 0 Å². The monoisotopic (exact) mass is 293 g/mol. The Labute approximate surface area is 120 Å². The van der Waals surface area contributed by atoms with Crippen LogP contribution >= 0.6 is 11.6 Å². The molecule has 6 heteroatoms. The minimum Gasteiger partial charge on any atom is -0.488 e. The predicted molar refractivity (Wildman–Crippen MR) is 73.6 cm³/mol. The number of carboxylic acid groups (broad SMARTS) is 1.